The fraction of sp³-hybridized carbons (Fsp3) is 0.333. The van der Waals surface area contributed by atoms with Gasteiger partial charge in [0, 0.05) is 29.9 Å². The number of rotatable bonds is 10. The Morgan fingerprint density at radius 3 is 2.75 bits per heavy atom. The van der Waals surface area contributed by atoms with Crippen LogP contribution in [0.25, 0.3) is 10.9 Å². The van der Waals surface area contributed by atoms with E-state index in [1.165, 1.54) is 0 Å². The molecule has 170 valence electrons. The number of hydrogen-bond acceptors (Lipinski definition) is 6. The van der Waals surface area contributed by atoms with E-state index in [0.29, 0.717) is 25.0 Å². The molecule has 0 aliphatic rings. The van der Waals surface area contributed by atoms with Crippen LogP contribution in [-0.4, -0.2) is 43.9 Å². The molecule has 3 rings (SSSR count). The number of hydrogen-bond donors (Lipinski definition) is 4. The van der Waals surface area contributed by atoms with Crippen molar-refractivity contribution in [1.82, 2.24) is 10.3 Å². The summed E-state index contributed by atoms with van der Waals surface area (Å²) in [7, 11) is -3.61. The molecular formula is C24H29N3O4S. The first-order valence-electron chi connectivity index (χ1n) is 10.4. The van der Waals surface area contributed by atoms with Crippen LogP contribution < -0.4 is 14.8 Å². The summed E-state index contributed by atoms with van der Waals surface area (Å²) in [5.41, 5.74) is 3.44. The van der Waals surface area contributed by atoms with Gasteiger partial charge in [-0.05, 0) is 49.6 Å². The minimum absolute atomic E-state index is 0.0873. The van der Waals surface area contributed by atoms with Crippen LogP contribution in [0.15, 0.2) is 48.7 Å². The standard InChI is InChI=1S/C24H29N3O4S/c1-4-5-12-25-20-9-6-8-18(14-20)22(28)16-26-17(2)13-19-15-27-24-21(19)10-7-11-23(24)31-32(3,29)30/h6-11,14-15,17,22,25-28H,12-13,16H2,1-3H3/t17-,22+/m1/s1. The zero-order valence-electron chi connectivity index (χ0n) is 18.5. The van der Waals surface area contributed by atoms with E-state index in [4.69, 9.17) is 4.18 Å². The number of aromatic nitrogens is 1. The number of fused-ring (bicyclic) bond motifs is 1. The van der Waals surface area contributed by atoms with Gasteiger partial charge in [-0.15, -0.1) is 5.92 Å². The first kappa shape index (κ1) is 23.7. The van der Waals surface area contributed by atoms with Crippen LogP contribution in [0.3, 0.4) is 0 Å². The van der Waals surface area contributed by atoms with Crippen molar-refractivity contribution in [3.63, 3.8) is 0 Å². The third-order valence-corrected chi connectivity index (χ3v) is 5.50. The lowest BCUT2D eigenvalue weighted by Gasteiger charge is -2.18. The zero-order valence-corrected chi connectivity index (χ0v) is 19.3. The molecule has 3 aromatic rings. The van der Waals surface area contributed by atoms with Crippen molar-refractivity contribution < 1.29 is 17.7 Å². The minimum atomic E-state index is -3.61. The highest BCUT2D eigenvalue weighted by Gasteiger charge is 2.15. The predicted molar refractivity (Wildman–Crippen MR) is 128 cm³/mol. The lowest BCUT2D eigenvalue weighted by atomic mass is 10.0. The Labute approximate surface area is 189 Å². The molecule has 2 atom stereocenters. The highest BCUT2D eigenvalue weighted by molar-refractivity contribution is 7.86. The molecule has 0 amide bonds. The summed E-state index contributed by atoms with van der Waals surface area (Å²) in [5, 5.41) is 18.1. The Hall–Kier alpha value is -2.99. The molecule has 0 bridgehead atoms. The number of aliphatic hydroxyl groups is 1. The number of nitrogens with one attached hydrogen (secondary N) is 3. The highest BCUT2D eigenvalue weighted by atomic mass is 32.2. The number of aromatic amines is 1. The van der Waals surface area contributed by atoms with Gasteiger partial charge in [-0.1, -0.05) is 30.2 Å². The van der Waals surface area contributed by atoms with Gasteiger partial charge in [-0.25, -0.2) is 0 Å². The van der Waals surface area contributed by atoms with Crippen LogP contribution in [0.5, 0.6) is 5.75 Å². The molecule has 0 saturated carbocycles. The van der Waals surface area contributed by atoms with E-state index in [9.17, 15) is 13.5 Å². The van der Waals surface area contributed by atoms with Crippen molar-refractivity contribution in [1.29, 1.82) is 0 Å². The monoisotopic (exact) mass is 455 g/mol. The van der Waals surface area contributed by atoms with Gasteiger partial charge in [0.1, 0.15) is 0 Å². The van der Waals surface area contributed by atoms with Crippen molar-refractivity contribution in [3.8, 4) is 17.6 Å². The SMILES string of the molecule is CC#CCNc1cccc([C@@H](O)CN[C@H](C)Cc2c[nH]c3c(OS(C)(=O)=O)cccc23)c1. The molecule has 1 heterocycles. The molecular weight excluding hydrogens is 426 g/mol. The number of benzene rings is 2. The second-order valence-electron chi connectivity index (χ2n) is 7.72. The maximum absolute atomic E-state index is 11.5. The zero-order chi connectivity index (χ0) is 23.1. The largest absolute Gasteiger partial charge is 0.387 e. The van der Waals surface area contributed by atoms with Crippen molar-refractivity contribution in [2.24, 2.45) is 0 Å². The van der Waals surface area contributed by atoms with E-state index in [-0.39, 0.29) is 11.8 Å². The van der Waals surface area contributed by atoms with Crippen molar-refractivity contribution in [3.05, 3.63) is 59.8 Å². The van der Waals surface area contributed by atoms with E-state index in [0.717, 1.165) is 28.5 Å². The topological polar surface area (TPSA) is 103 Å². The summed E-state index contributed by atoms with van der Waals surface area (Å²) in [4.78, 5) is 3.12. The fourth-order valence-electron chi connectivity index (χ4n) is 3.51. The van der Waals surface area contributed by atoms with Gasteiger partial charge in [0.15, 0.2) is 5.75 Å². The van der Waals surface area contributed by atoms with Gasteiger partial charge in [-0.2, -0.15) is 8.42 Å². The Morgan fingerprint density at radius 2 is 2.00 bits per heavy atom. The average Bonchev–Trinajstić information content (AvgIpc) is 3.15. The average molecular weight is 456 g/mol. The second kappa shape index (κ2) is 10.6. The Bertz CT molecular complexity index is 1220. The number of aliphatic hydroxyl groups excluding tert-OH is 1. The van der Waals surface area contributed by atoms with Gasteiger partial charge in [-0.3, -0.25) is 0 Å². The van der Waals surface area contributed by atoms with Crippen LogP contribution in [0.4, 0.5) is 5.69 Å². The van der Waals surface area contributed by atoms with Crippen LogP contribution in [0.2, 0.25) is 0 Å². The molecule has 8 heteroatoms. The van der Waals surface area contributed by atoms with Crippen LogP contribution in [-0.2, 0) is 16.5 Å². The minimum Gasteiger partial charge on any atom is -0.387 e. The van der Waals surface area contributed by atoms with E-state index in [1.807, 2.05) is 43.5 Å². The molecule has 0 fully saturated rings. The maximum Gasteiger partial charge on any atom is 0.306 e. The molecule has 32 heavy (non-hydrogen) atoms. The van der Waals surface area contributed by atoms with Crippen LogP contribution >= 0.6 is 0 Å². The molecule has 0 spiro atoms. The number of anilines is 1. The number of para-hydroxylation sites is 1. The Balaban J connectivity index is 1.61. The van der Waals surface area contributed by atoms with Crippen LogP contribution in [0, 0.1) is 11.8 Å². The molecule has 1 aromatic heterocycles. The van der Waals surface area contributed by atoms with Crippen molar-refractivity contribution >= 4 is 26.7 Å². The Kier molecular flexibility index (Phi) is 7.80. The molecule has 2 aromatic carbocycles. The lowest BCUT2D eigenvalue weighted by Crippen LogP contribution is -2.32. The smallest absolute Gasteiger partial charge is 0.306 e. The van der Waals surface area contributed by atoms with E-state index >= 15 is 0 Å². The molecule has 7 nitrogen and oxygen atoms in total. The molecule has 0 aliphatic heterocycles. The fourth-order valence-corrected chi connectivity index (χ4v) is 3.97. The third kappa shape index (κ3) is 6.50. The van der Waals surface area contributed by atoms with E-state index in [2.05, 4.69) is 27.5 Å². The summed E-state index contributed by atoms with van der Waals surface area (Å²) in [5.74, 6) is 6.08. The molecule has 4 N–H and O–H groups in total. The van der Waals surface area contributed by atoms with Crippen molar-refractivity contribution in [2.75, 3.05) is 24.7 Å². The van der Waals surface area contributed by atoms with Crippen molar-refractivity contribution in [2.45, 2.75) is 32.4 Å². The summed E-state index contributed by atoms with van der Waals surface area (Å²) >= 11 is 0. The maximum atomic E-state index is 11.5. The lowest BCUT2D eigenvalue weighted by molar-refractivity contribution is 0.170. The summed E-state index contributed by atoms with van der Waals surface area (Å²) < 4.78 is 28.1. The Morgan fingerprint density at radius 1 is 1.22 bits per heavy atom. The van der Waals surface area contributed by atoms with Gasteiger partial charge in [0.25, 0.3) is 0 Å². The van der Waals surface area contributed by atoms with E-state index in [1.54, 1.807) is 19.1 Å². The van der Waals surface area contributed by atoms with E-state index < -0.39 is 16.2 Å². The molecule has 0 unspecified atom stereocenters. The second-order valence-corrected chi connectivity index (χ2v) is 9.29. The number of H-pyrrole nitrogens is 1. The quantitative estimate of drug-likeness (QED) is 0.277. The molecule has 0 aliphatic carbocycles. The van der Waals surface area contributed by atoms with Gasteiger partial charge in [0.05, 0.1) is 24.4 Å². The molecule has 0 radical (unpaired) electrons. The van der Waals surface area contributed by atoms with Gasteiger partial charge in [0.2, 0.25) is 0 Å². The predicted octanol–water partition coefficient (Wildman–Crippen LogP) is 3.20. The highest BCUT2D eigenvalue weighted by Crippen LogP contribution is 2.29. The van der Waals surface area contributed by atoms with Gasteiger partial charge < -0.3 is 24.9 Å². The summed E-state index contributed by atoms with van der Waals surface area (Å²) in [6.07, 6.45) is 2.95. The normalized spacial score (nSPS) is 13.2. The first-order valence-corrected chi connectivity index (χ1v) is 12.2. The van der Waals surface area contributed by atoms with Crippen LogP contribution in [0.1, 0.15) is 31.1 Å². The molecule has 0 saturated heterocycles. The van der Waals surface area contributed by atoms with Gasteiger partial charge >= 0.3 is 10.1 Å². The third-order valence-electron chi connectivity index (χ3n) is 5.02. The summed E-state index contributed by atoms with van der Waals surface area (Å²) in [6, 6.07) is 13.1. The first-order chi connectivity index (χ1) is 15.3. The summed E-state index contributed by atoms with van der Waals surface area (Å²) in [6.45, 7) is 4.81.